The second kappa shape index (κ2) is 5.59. The fourth-order valence-corrected chi connectivity index (χ4v) is 4.10. The average Bonchev–Trinajstić information content (AvgIpc) is 2.85. The van der Waals surface area contributed by atoms with Crippen LogP contribution in [-0.2, 0) is 17.6 Å². The topological polar surface area (TPSA) is 54.0 Å². The number of thiazole rings is 1. The van der Waals surface area contributed by atoms with Crippen molar-refractivity contribution in [1.29, 1.82) is 0 Å². The molecule has 2 aliphatic rings. The van der Waals surface area contributed by atoms with E-state index in [1.54, 1.807) is 0 Å². The molecule has 0 radical (unpaired) electrons. The van der Waals surface area contributed by atoms with Gasteiger partial charge in [0.2, 0.25) is 5.91 Å². The Kier molecular flexibility index (Phi) is 3.84. The maximum atomic E-state index is 11.9. The summed E-state index contributed by atoms with van der Waals surface area (Å²) in [6.07, 6.45) is 6.44. The molecule has 4 nitrogen and oxygen atoms in total. The number of nitrogens with one attached hydrogen (secondary N) is 2. The van der Waals surface area contributed by atoms with E-state index in [1.807, 2.05) is 11.3 Å². The number of carbonyl (C=O) groups is 1. The van der Waals surface area contributed by atoms with Crippen LogP contribution in [0.5, 0.6) is 0 Å². The first-order chi connectivity index (χ1) is 9.28. The normalized spacial score (nSPS) is 26.9. The van der Waals surface area contributed by atoms with Crippen LogP contribution in [0.3, 0.4) is 0 Å². The second-order valence-electron chi connectivity index (χ2n) is 5.37. The van der Waals surface area contributed by atoms with E-state index in [9.17, 15) is 4.79 Å². The van der Waals surface area contributed by atoms with Crippen LogP contribution in [0.4, 0.5) is 0 Å². The van der Waals surface area contributed by atoms with Gasteiger partial charge in [0.25, 0.3) is 0 Å². The molecule has 104 valence electrons. The van der Waals surface area contributed by atoms with Gasteiger partial charge in [-0.3, -0.25) is 10.1 Å². The quantitative estimate of drug-likeness (QED) is 0.889. The zero-order valence-electron chi connectivity index (χ0n) is 11.4. The zero-order valence-corrected chi connectivity index (χ0v) is 12.2. The number of nitrogens with zero attached hydrogens (tertiary/aromatic N) is 1. The predicted molar refractivity (Wildman–Crippen MR) is 76.3 cm³/mol. The first-order valence-corrected chi connectivity index (χ1v) is 8.12. The molecule has 2 N–H and O–H groups in total. The van der Waals surface area contributed by atoms with Crippen LogP contribution >= 0.6 is 11.3 Å². The van der Waals surface area contributed by atoms with Gasteiger partial charge in [-0.25, -0.2) is 4.98 Å². The standard InChI is InChI=1S/C14H21N3OS/c1-2-12-17-10-6-3-5-9(13(10)19-12)16-11-7-4-8-15-14(11)18/h9,11,16H,2-8H2,1H3,(H,15,18). The van der Waals surface area contributed by atoms with Crippen LogP contribution in [0, 0.1) is 0 Å². The summed E-state index contributed by atoms with van der Waals surface area (Å²) in [6, 6.07) is 0.312. The summed E-state index contributed by atoms with van der Waals surface area (Å²) in [4.78, 5) is 17.9. The number of hydrogen-bond acceptors (Lipinski definition) is 4. The van der Waals surface area contributed by atoms with Crippen LogP contribution in [-0.4, -0.2) is 23.5 Å². The van der Waals surface area contributed by atoms with Crippen LogP contribution in [0.25, 0.3) is 0 Å². The Balaban J connectivity index is 1.75. The number of fused-ring (bicyclic) bond motifs is 1. The first kappa shape index (κ1) is 13.1. The molecule has 5 heteroatoms. The van der Waals surface area contributed by atoms with Crippen molar-refractivity contribution >= 4 is 17.2 Å². The SMILES string of the molecule is CCc1nc2c(s1)C(NC1CCCNC1=O)CCC2. The van der Waals surface area contributed by atoms with E-state index >= 15 is 0 Å². The van der Waals surface area contributed by atoms with Crippen molar-refractivity contribution in [2.75, 3.05) is 6.54 Å². The highest BCUT2D eigenvalue weighted by atomic mass is 32.1. The average molecular weight is 279 g/mol. The van der Waals surface area contributed by atoms with Gasteiger partial charge in [-0.1, -0.05) is 6.92 Å². The van der Waals surface area contributed by atoms with Crippen LogP contribution in [0.15, 0.2) is 0 Å². The van der Waals surface area contributed by atoms with Crippen molar-refractivity contribution in [2.24, 2.45) is 0 Å². The molecule has 19 heavy (non-hydrogen) atoms. The summed E-state index contributed by atoms with van der Waals surface area (Å²) in [6.45, 7) is 2.98. The Morgan fingerprint density at radius 2 is 2.21 bits per heavy atom. The molecule has 2 unspecified atom stereocenters. The highest BCUT2D eigenvalue weighted by Gasteiger charge is 2.29. The lowest BCUT2D eigenvalue weighted by molar-refractivity contribution is -0.124. The number of hydrogen-bond donors (Lipinski definition) is 2. The van der Waals surface area contributed by atoms with E-state index in [-0.39, 0.29) is 11.9 Å². The molecule has 1 aliphatic carbocycles. The molecule has 0 saturated carbocycles. The molecule has 1 amide bonds. The molecular weight excluding hydrogens is 258 g/mol. The van der Waals surface area contributed by atoms with Crippen molar-refractivity contribution in [1.82, 2.24) is 15.6 Å². The lowest BCUT2D eigenvalue weighted by atomic mass is 9.96. The van der Waals surface area contributed by atoms with Crippen molar-refractivity contribution in [2.45, 2.75) is 57.5 Å². The summed E-state index contributed by atoms with van der Waals surface area (Å²) < 4.78 is 0. The second-order valence-corrected chi connectivity index (χ2v) is 6.48. The number of rotatable bonds is 3. The highest BCUT2D eigenvalue weighted by molar-refractivity contribution is 7.11. The van der Waals surface area contributed by atoms with E-state index in [4.69, 9.17) is 4.98 Å². The van der Waals surface area contributed by atoms with Crippen LogP contribution in [0.1, 0.15) is 54.2 Å². The largest absolute Gasteiger partial charge is 0.355 e. The van der Waals surface area contributed by atoms with Crippen molar-refractivity contribution < 1.29 is 4.79 Å². The molecule has 2 atom stereocenters. The number of aryl methyl sites for hydroxylation is 2. The highest BCUT2D eigenvalue weighted by Crippen LogP contribution is 2.35. The number of piperidine rings is 1. The Morgan fingerprint density at radius 3 is 3.00 bits per heavy atom. The van der Waals surface area contributed by atoms with E-state index in [2.05, 4.69) is 17.6 Å². The molecular formula is C14H21N3OS. The smallest absolute Gasteiger partial charge is 0.237 e. The van der Waals surface area contributed by atoms with Gasteiger partial charge in [0.05, 0.1) is 16.7 Å². The minimum atomic E-state index is -0.0168. The molecule has 1 aliphatic heterocycles. The lowest BCUT2D eigenvalue weighted by Crippen LogP contribution is -2.49. The molecule has 0 bridgehead atoms. The minimum absolute atomic E-state index is 0.0168. The lowest BCUT2D eigenvalue weighted by Gasteiger charge is -2.29. The van der Waals surface area contributed by atoms with Crippen molar-refractivity contribution in [3.63, 3.8) is 0 Å². The summed E-state index contributed by atoms with van der Waals surface area (Å²) in [5.74, 6) is 0.165. The van der Waals surface area contributed by atoms with Gasteiger partial charge < -0.3 is 5.32 Å². The molecule has 1 saturated heterocycles. The fourth-order valence-electron chi connectivity index (χ4n) is 2.95. The fraction of sp³-hybridized carbons (Fsp3) is 0.714. The Bertz CT molecular complexity index is 471. The number of amides is 1. The minimum Gasteiger partial charge on any atom is -0.355 e. The predicted octanol–water partition coefficient (Wildman–Crippen LogP) is 1.95. The van der Waals surface area contributed by atoms with E-state index < -0.39 is 0 Å². The van der Waals surface area contributed by atoms with Gasteiger partial charge in [0.1, 0.15) is 0 Å². The summed E-state index contributed by atoms with van der Waals surface area (Å²) in [5, 5.41) is 7.74. The summed E-state index contributed by atoms with van der Waals surface area (Å²) in [7, 11) is 0. The van der Waals surface area contributed by atoms with E-state index in [0.29, 0.717) is 6.04 Å². The molecule has 1 fully saturated rings. The maximum Gasteiger partial charge on any atom is 0.237 e. The Morgan fingerprint density at radius 1 is 1.37 bits per heavy atom. The van der Waals surface area contributed by atoms with E-state index in [0.717, 1.165) is 38.6 Å². The molecule has 1 aromatic rings. The first-order valence-electron chi connectivity index (χ1n) is 7.30. The molecule has 2 heterocycles. The van der Waals surface area contributed by atoms with Gasteiger partial charge in [0.15, 0.2) is 0 Å². The monoisotopic (exact) mass is 279 g/mol. The number of aromatic nitrogens is 1. The van der Waals surface area contributed by atoms with Gasteiger partial charge in [0, 0.05) is 17.5 Å². The van der Waals surface area contributed by atoms with Crippen LogP contribution in [0.2, 0.25) is 0 Å². The van der Waals surface area contributed by atoms with Crippen molar-refractivity contribution in [3.05, 3.63) is 15.6 Å². The third-order valence-corrected chi connectivity index (χ3v) is 5.34. The molecule has 0 aromatic carbocycles. The summed E-state index contributed by atoms with van der Waals surface area (Å²) in [5.41, 5.74) is 1.27. The van der Waals surface area contributed by atoms with Gasteiger partial charge in [-0.15, -0.1) is 11.3 Å². The molecule has 3 rings (SSSR count). The molecule has 1 aromatic heterocycles. The van der Waals surface area contributed by atoms with Crippen LogP contribution < -0.4 is 10.6 Å². The maximum absolute atomic E-state index is 11.9. The van der Waals surface area contributed by atoms with Gasteiger partial charge in [-0.05, 0) is 38.5 Å². The molecule has 0 spiro atoms. The zero-order chi connectivity index (χ0) is 13.2. The summed E-state index contributed by atoms with van der Waals surface area (Å²) >= 11 is 1.83. The third-order valence-electron chi connectivity index (χ3n) is 3.98. The van der Waals surface area contributed by atoms with Crippen molar-refractivity contribution in [3.8, 4) is 0 Å². The number of carbonyl (C=O) groups excluding carboxylic acids is 1. The Hall–Kier alpha value is -0.940. The van der Waals surface area contributed by atoms with Gasteiger partial charge >= 0.3 is 0 Å². The van der Waals surface area contributed by atoms with Gasteiger partial charge in [-0.2, -0.15) is 0 Å². The third kappa shape index (κ3) is 2.67. The van der Waals surface area contributed by atoms with E-state index in [1.165, 1.54) is 22.0 Å². The Labute approximate surface area is 118 Å².